The Balaban J connectivity index is 1.25. The van der Waals surface area contributed by atoms with Crippen molar-refractivity contribution in [2.45, 2.75) is 5.41 Å². The van der Waals surface area contributed by atoms with Crippen LogP contribution in [0.4, 0.5) is 0 Å². The Labute approximate surface area is 262 Å². The molecule has 0 saturated carbocycles. The van der Waals surface area contributed by atoms with Gasteiger partial charge in [0.25, 0.3) is 0 Å². The van der Waals surface area contributed by atoms with Crippen molar-refractivity contribution < 1.29 is 0 Å². The van der Waals surface area contributed by atoms with Crippen molar-refractivity contribution in [3.63, 3.8) is 0 Å². The molecule has 1 spiro atoms. The second-order valence-corrected chi connectivity index (χ2v) is 12.3. The highest BCUT2D eigenvalue weighted by atomic mass is 14.6. The molecule has 7 aromatic carbocycles. The smallest absolute Gasteiger partial charge is 0.0737 e. The number of fused-ring (bicyclic) bond motifs is 14. The van der Waals surface area contributed by atoms with Gasteiger partial charge in [0.15, 0.2) is 0 Å². The van der Waals surface area contributed by atoms with E-state index in [9.17, 15) is 0 Å². The van der Waals surface area contributed by atoms with E-state index in [0.717, 1.165) is 0 Å². The van der Waals surface area contributed by atoms with Crippen LogP contribution in [0.1, 0.15) is 22.3 Å². The summed E-state index contributed by atoms with van der Waals surface area (Å²) in [6.07, 6.45) is 3.69. The summed E-state index contributed by atoms with van der Waals surface area (Å²) >= 11 is 0. The maximum atomic E-state index is 4.17. The van der Waals surface area contributed by atoms with Gasteiger partial charge in [0, 0.05) is 12.4 Å². The van der Waals surface area contributed by atoms with Crippen molar-refractivity contribution in [2.75, 3.05) is 0 Å². The fraction of sp³-hybridized carbons (Fsp3) is 0.0227. The standard InChI is InChI=1S/C44H27N/c1-2-8-34-31(7-1)17-21-38-39-22-19-33-27-32(29-15-13-28(14-16-29)30-23-25-45-26-24-30)18-20-35(33)43(39)44(42(34)38)40-11-5-3-9-36(40)37-10-4-6-12-41(37)44/h1-27H. The van der Waals surface area contributed by atoms with Crippen LogP contribution >= 0.6 is 0 Å². The lowest BCUT2D eigenvalue weighted by molar-refractivity contribution is 0.809. The van der Waals surface area contributed by atoms with E-state index in [-0.39, 0.29) is 0 Å². The van der Waals surface area contributed by atoms with Gasteiger partial charge in [0.05, 0.1) is 5.41 Å². The van der Waals surface area contributed by atoms with Crippen molar-refractivity contribution in [3.05, 3.63) is 186 Å². The molecule has 1 nitrogen and oxygen atoms in total. The molecule has 0 unspecified atom stereocenters. The molecule has 1 heterocycles. The number of pyridine rings is 1. The first-order valence-corrected chi connectivity index (χ1v) is 15.6. The van der Waals surface area contributed by atoms with Gasteiger partial charge in [-0.05, 0) is 107 Å². The van der Waals surface area contributed by atoms with Gasteiger partial charge in [-0.1, -0.05) is 133 Å². The summed E-state index contributed by atoms with van der Waals surface area (Å²) < 4.78 is 0. The van der Waals surface area contributed by atoms with Crippen LogP contribution in [-0.4, -0.2) is 4.98 Å². The van der Waals surface area contributed by atoms with Crippen molar-refractivity contribution in [2.24, 2.45) is 0 Å². The molecule has 0 bridgehead atoms. The molecular formula is C44H27N. The molecule has 45 heavy (non-hydrogen) atoms. The largest absolute Gasteiger partial charge is 0.265 e. The molecule has 2 aliphatic carbocycles. The molecule has 1 heteroatoms. The predicted octanol–water partition coefficient (Wildman–Crippen LogP) is 11.1. The van der Waals surface area contributed by atoms with Gasteiger partial charge < -0.3 is 0 Å². The van der Waals surface area contributed by atoms with E-state index >= 15 is 0 Å². The zero-order valence-corrected chi connectivity index (χ0v) is 24.5. The summed E-state index contributed by atoms with van der Waals surface area (Å²) in [7, 11) is 0. The van der Waals surface area contributed by atoms with Gasteiger partial charge in [-0.15, -0.1) is 0 Å². The lowest BCUT2D eigenvalue weighted by atomic mass is 9.68. The van der Waals surface area contributed by atoms with Crippen LogP contribution in [-0.2, 0) is 5.41 Å². The van der Waals surface area contributed by atoms with Gasteiger partial charge in [-0.3, -0.25) is 4.98 Å². The van der Waals surface area contributed by atoms with Crippen LogP contribution in [0.15, 0.2) is 164 Å². The van der Waals surface area contributed by atoms with E-state index in [2.05, 4.69) is 157 Å². The second kappa shape index (κ2) is 9.11. The minimum absolute atomic E-state index is 0.397. The zero-order chi connectivity index (χ0) is 29.5. The topological polar surface area (TPSA) is 12.9 Å². The summed E-state index contributed by atoms with van der Waals surface area (Å²) in [6, 6.07) is 56.5. The quantitative estimate of drug-likeness (QED) is 0.202. The number of hydrogen-bond donors (Lipinski definition) is 0. The average Bonchev–Trinajstić information content (AvgIpc) is 3.59. The number of hydrogen-bond acceptors (Lipinski definition) is 1. The van der Waals surface area contributed by atoms with Gasteiger partial charge in [0.1, 0.15) is 0 Å². The predicted molar refractivity (Wildman–Crippen MR) is 186 cm³/mol. The van der Waals surface area contributed by atoms with Crippen molar-refractivity contribution in [3.8, 4) is 44.5 Å². The molecule has 10 rings (SSSR count). The molecule has 0 saturated heterocycles. The molecule has 0 amide bonds. The van der Waals surface area contributed by atoms with Gasteiger partial charge >= 0.3 is 0 Å². The summed E-state index contributed by atoms with van der Waals surface area (Å²) in [5, 5.41) is 5.20. The van der Waals surface area contributed by atoms with E-state index in [0.29, 0.717) is 0 Å². The Bertz CT molecular complexity index is 2420. The Kier molecular flexibility index (Phi) is 4.99. The van der Waals surface area contributed by atoms with Gasteiger partial charge in [-0.25, -0.2) is 0 Å². The van der Waals surface area contributed by atoms with E-state index in [1.54, 1.807) is 0 Å². The summed E-state index contributed by atoms with van der Waals surface area (Å²) in [5.74, 6) is 0. The highest BCUT2D eigenvalue weighted by Crippen LogP contribution is 2.65. The van der Waals surface area contributed by atoms with Crippen LogP contribution in [0.5, 0.6) is 0 Å². The Morgan fingerprint density at radius 1 is 0.356 bits per heavy atom. The van der Waals surface area contributed by atoms with Crippen LogP contribution < -0.4 is 0 Å². The van der Waals surface area contributed by atoms with E-state index in [1.807, 2.05) is 12.4 Å². The molecule has 0 atom stereocenters. The minimum Gasteiger partial charge on any atom is -0.265 e. The van der Waals surface area contributed by atoms with E-state index in [1.165, 1.54) is 88.3 Å². The van der Waals surface area contributed by atoms with E-state index in [4.69, 9.17) is 0 Å². The third-order valence-electron chi connectivity index (χ3n) is 10.2. The molecule has 208 valence electrons. The van der Waals surface area contributed by atoms with Crippen LogP contribution in [0.3, 0.4) is 0 Å². The average molecular weight is 570 g/mol. The fourth-order valence-electron chi connectivity index (χ4n) is 8.34. The molecule has 0 radical (unpaired) electrons. The van der Waals surface area contributed by atoms with Crippen LogP contribution in [0, 0.1) is 0 Å². The number of aromatic nitrogens is 1. The monoisotopic (exact) mass is 569 g/mol. The SMILES string of the molecule is c1ccc2c(c1)-c1ccccc1C21c2c(ccc3ccccc23)-c2ccc3cc(-c4ccc(-c5ccncc5)cc4)ccc3c21. The third kappa shape index (κ3) is 3.25. The normalized spacial score (nSPS) is 13.5. The number of benzene rings is 7. The first kappa shape index (κ1) is 24.6. The number of rotatable bonds is 2. The Hall–Kier alpha value is -5.79. The van der Waals surface area contributed by atoms with Crippen molar-refractivity contribution >= 4 is 21.5 Å². The summed E-state index contributed by atoms with van der Waals surface area (Å²) in [6.45, 7) is 0. The third-order valence-corrected chi connectivity index (χ3v) is 10.2. The van der Waals surface area contributed by atoms with Crippen LogP contribution in [0.25, 0.3) is 66.1 Å². The molecule has 1 aromatic heterocycles. The van der Waals surface area contributed by atoms with E-state index < -0.39 is 5.41 Å². The zero-order valence-electron chi connectivity index (χ0n) is 24.5. The van der Waals surface area contributed by atoms with Crippen molar-refractivity contribution in [1.82, 2.24) is 4.98 Å². The van der Waals surface area contributed by atoms with Crippen molar-refractivity contribution in [1.29, 1.82) is 0 Å². The first-order chi connectivity index (χ1) is 22.3. The highest BCUT2D eigenvalue weighted by molar-refractivity contribution is 6.09. The Morgan fingerprint density at radius 2 is 0.867 bits per heavy atom. The maximum absolute atomic E-state index is 4.17. The molecule has 0 aliphatic heterocycles. The molecule has 0 N–H and O–H groups in total. The first-order valence-electron chi connectivity index (χ1n) is 15.6. The highest BCUT2D eigenvalue weighted by Gasteiger charge is 2.53. The summed E-state index contributed by atoms with van der Waals surface area (Å²) in [4.78, 5) is 4.17. The lowest BCUT2D eigenvalue weighted by Crippen LogP contribution is -2.26. The maximum Gasteiger partial charge on any atom is 0.0737 e. The molecule has 8 aromatic rings. The Morgan fingerprint density at radius 3 is 1.56 bits per heavy atom. The van der Waals surface area contributed by atoms with Crippen LogP contribution in [0.2, 0.25) is 0 Å². The molecule has 0 fully saturated rings. The minimum atomic E-state index is -0.397. The van der Waals surface area contributed by atoms with Gasteiger partial charge in [0.2, 0.25) is 0 Å². The van der Waals surface area contributed by atoms with Gasteiger partial charge in [-0.2, -0.15) is 0 Å². The lowest BCUT2D eigenvalue weighted by Gasteiger charge is -2.32. The molecular weight excluding hydrogens is 542 g/mol. The number of nitrogens with zero attached hydrogens (tertiary/aromatic N) is 1. The second-order valence-electron chi connectivity index (χ2n) is 12.3. The molecule has 2 aliphatic rings. The summed E-state index contributed by atoms with van der Waals surface area (Å²) in [5.41, 5.74) is 15.4. The fourth-order valence-corrected chi connectivity index (χ4v) is 8.34.